The molecule has 2 saturated carbocycles. The Hall–Kier alpha value is -2.26. The zero-order chi connectivity index (χ0) is 26.5. The van der Waals surface area contributed by atoms with Crippen LogP contribution >= 0.6 is 11.3 Å². The first-order chi connectivity index (χ1) is 18.2. The summed E-state index contributed by atoms with van der Waals surface area (Å²) in [4.78, 5) is 21.1. The first kappa shape index (κ1) is 26.0. The Balaban J connectivity index is 0.986. The van der Waals surface area contributed by atoms with E-state index in [1.54, 1.807) is 4.68 Å². The van der Waals surface area contributed by atoms with Gasteiger partial charge in [-0.1, -0.05) is 31.4 Å². The van der Waals surface area contributed by atoms with Crippen molar-refractivity contribution in [2.24, 2.45) is 18.9 Å². The van der Waals surface area contributed by atoms with Gasteiger partial charge in [0.05, 0.1) is 11.2 Å². The Morgan fingerprint density at radius 1 is 1.16 bits per heavy atom. The molecule has 3 aliphatic rings. The number of carbonyl (C=O) groups excluding carboxylic acids is 1. The Morgan fingerprint density at radius 2 is 1.92 bits per heavy atom. The first-order valence-corrected chi connectivity index (χ1v) is 14.8. The molecule has 204 valence electrons. The van der Waals surface area contributed by atoms with Crippen molar-refractivity contribution in [3.63, 3.8) is 0 Å². The van der Waals surface area contributed by atoms with Crippen molar-refractivity contribution in [1.82, 2.24) is 19.7 Å². The van der Waals surface area contributed by atoms with Crippen molar-refractivity contribution in [3.05, 3.63) is 45.5 Å². The number of alkyl halides is 3. The van der Waals surface area contributed by atoms with Gasteiger partial charge in [0, 0.05) is 48.6 Å². The van der Waals surface area contributed by atoms with Crippen LogP contribution in [-0.4, -0.2) is 44.7 Å². The highest BCUT2D eigenvalue weighted by Crippen LogP contribution is 2.56. The number of fused-ring (bicyclic) bond motifs is 2. The number of aromatic nitrogens is 3. The van der Waals surface area contributed by atoms with Crippen LogP contribution in [0.15, 0.2) is 24.4 Å². The van der Waals surface area contributed by atoms with E-state index in [4.69, 9.17) is 0 Å². The number of hydrogen-bond donors (Lipinski definition) is 0. The van der Waals surface area contributed by atoms with Crippen molar-refractivity contribution in [3.8, 4) is 0 Å². The number of Topliss-reactive ketones (excluding diaryl/α,β-unsaturated/α-hetero) is 1. The number of carbonyl (C=O) groups is 1. The van der Waals surface area contributed by atoms with E-state index in [-0.39, 0.29) is 18.6 Å². The summed E-state index contributed by atoms with van der Waals surface area (Å²) in [6, 6.07) is 5.78. The third-order valence-corrected chi connectivity index (χ3v) is 10.6. The molecule has 1 aliphatic heterocycles. The minimum atomic E-state index is -4.21. The van der Waals surface area contributed by atoms with Gasteiger partial charge in [-0.2, -0.15) is 18.3 Å². The molecule has 2 aromatic heterocycles. The van der Waals surface area contributed by atoms with Gasteiger partial charge in [-0.3, -0.25) is 14.4 Å². The molecular formula is C29H35F3N4OS. The molecule has 1 aromatic carbocycles. The Bertz CT molecular complexity index is 1320. The van der Waals surface area contributed by atoms with E-state index < -0.39 is 11.6 Å². The van der Waals surface area contributed by atoms with Crippen molar-refractivity contribution in [2.75, 3.05) is 13.1 Å². The molecule has 0 unspecified atom stereocenters. The summed E-state index contributed by atoms with van der Waals surface area (Å²) in [7, 11) is 1.88. The summed E-state index contributed by atoms with van der Waals surface area (Å²) in [5.74, 6) is 1.30. The van der Waals surface area contributed by atoms with Gasteiger partial charge in [0.2, 0.25) is 0 Å². The zero-order valence-electron chi connectivity index (χ0n) is 21.9. The Labute approximate surface area is 225 Å². The zero-order valence-corrected chi connectivity index (χ0v) is 22.7. The maximum Gasteiger partial charge on any atom is 0.400 e. The van der Waals surface area contributed by atoms with Gasteiger partial charge in [-0.25, -0.2) is 4.98 Å². The SMILES string of the molecule is Cn1cc2c(C(=O)CC3CCC(CCN4CCc5sc(C6(C(F)(F)F)CCC6)nc5C4)CC3)cccc2n1. The molecule has 0 saturated heterocycles. The molecule has 0 amide bonds. The second kappa shape index (κ2) is 10.0. The van der Waals surface area contributed by atoms with E-state index in [1.165, 1.54) is 11.3 Å². The third-order valence-electron chi connectivity index (χ3n) is 9.22. The molecule has 2 fully saturated rings. The topological polar surface area (TPSA) is 51.0 Å². The maximum atomic E-state index is 13.8. The largest absolute Gasteiger partial charge is 0.400 e. The minimum Gasteiger partial charge on any atom is -0.297 e. The quantitative estimate of drug-likeness (QED) is 0.306. The molecule has 3 aromatic rings. The molecule has 6 rings (SSSR count). The van der Waals surface area contributed by atoms with Crippen LogP contribution in [0.2, 0.25) is 0 Å². The molecule has 9 heteroatoms. The van der Waals surface area contributed by atoms with Crippen molar-refractivity contribution in [1.29, 1.82) is 0 Å². The highest BCUT2D eigenvalue weighted by atomic mass is 32.1. The number of benzene rings is 1. The summed E-state index contributed by atoms with van der Waals surface area (Å²) in [6.07, 6.45) is 5.67. The van der Waals surface area contributed by atoms with Crippen molar-refractivity contribution in [2.45, 2.75) is 82.3 Å². The smallest absolute Gasteiger partial charge is 0.297 e. The number of hydrogen-bond acceptors (Lipinski definition) is 5. The standard InChI is InChI=1S/C29H35F3N4OS/c1-35-17-22-21(4-2-5-23(22)34-35)25(37)16-20-8-6-19(7-9-20)10-14-36-15-11-26-24(18-36)33-27(38-26)28(12-3-13-28)29(30,31)32/h2,4-5,17,19-20H,3,6-16,18H2,1H3. The van der Waals surface area contributed by atoms with Gasteiger partial charge in [-0.15, -0.1) is 11.3 Å². The molecule has 0 N–H and O–H groups in total. The fourth-order valence-electron chi connectivity index (χ4n) is 6.66. The summed E-state index contributed by atoms with van der Waals surface area (Å²) in [5.41, 5.74) is 0.830. The van der Waals surface area contributed by atoms with Crippen molar-refractivity contribution >= 4 is 28.0 Å². The average Bonchev–Trinajstić information content (AvgIpc) is 3.43. The fourth-order valence-corrected chi connectivity index (χ4v) is 7.99. The van der Waals surface area contributed by atoms with Crippen molar-refractivity contribution < 1.29 is 18.0 Å². The second-order valence-electron chi connectivity index (χ2n) is 11.7. The molecule has 38 heavy (non-hydrogen) atoms. The lowest BCUT2D eigenvalue weighted by Crippen LogP contribution is -2.47. The van der Waals surface area contributed by atoms with Crippen LogP contribution in [0, 0.1) is 11.8 Å². The first-order valence-electron chi connectivity index (χ1n) is 14.0. The molecule has 5 nitrogen and oxygen atoms in total. The van der Waals surface area contributed by atoms with Crippen LogP contribution in [0.1, 0.15) is 83.7 Å². The van der Waals surface area contributed by atoms with Gasteiger partial charge < -0.3 is 0 Å². The predicted octanol–water partition coefficient (Wildman–Crippen LogP) is 6.84. The lowest BCUT2D eigenvalue weighted by Gasteiger charge is -2.41. The van der Waals surface area contributed by atoms with Gasteiger partial charge >= 0.3 is 6.18 Å². The van der Waals surface area contributed by atoms with E-state index in [1.807, 2.05) is 31.4 Å². The number of thiazole rings is 1. The van der Waals surface area contributed by atoms with Crippen LogP contribution in [0.5, 0.6) is 0 Å². The molecule has 0 atom stereocenters. The maximum absolute atomic E-state index is 13.8. The predicted molar refractivity (Wildman–Crippen MR) is 142 cm³/mol. The number of aryl methyl sites for hydroxylation is 1. The van der Waals surface area contributed by atoms with Gasteiger partial charge in [0.15, 0.2) is 5.78 Å². The number of rotatable bonds is 7. The number of ketones is 1. The van der Waals surface area contributed by atoms with E-state index in [2.05, 4.69) is 15.0 Å². The average molecular weight is 545 g/mol. The Kier molecular flexibility index (Phi) is 6.87. The van der Waals surface area contributed by atoms with Gasteiger partial charge in [0.25, 0.3) is 0 Å². The van der Waals surface area contributed by atoms with E-state index in [0.29, 0.717) is 36.2 Å². The number of halogens is 3. The minimum absolute atomic E-state index is 0.181. The lowest BCUT2D eigenvalue weighted by molar-refractivity contribution is -0.212. The summed E-state index contributed by atoms with van der Waals surface area (Å²) < 4.78 is 43.1. The van der Waals surface area contributed by atoms with Gasteiger partial charge in [0.1, 0.15) is 10.4 Å². The van der Waals surface area contributed by atoms with E-state index in [0.717, 1.165) is 78.7 Å². The molecule has 3 heterocycles. The van der Waals surface area contributed by atoms with Crippen LogP contribution < -0.4 is 0 Å². The van der Waals surface area contributed by atoms with E-state index >= 15 is 0 Å². The molecular weight excluding hydrogens is 509 g/mol. The van der Waals surface area contributed by atoms with Gasteiger partial charge in [-0.05, 0) is 63.0 Å². The number of nitrogens with zero attached hydrogens (tertiary/aromatic N) is 4. The highest BCUT2D eigenvalue weighted by molar-refractivity contribution is 7.12. The Morgan fingerprint density at radius 3 is 2.63 bits per heavy atom. The van der Waals surface area contributed by atoms with Crippen LogP contribution in [0.3, 0.4) is 0 Å². The van der Waals surface area contributed by atoms with Crippen LogP contribution in [0.4, 0.5) is 13.2 Å². The molecule has 2 aliphatic carbocycles. The molecule has 0 spiro atoms. The fraction of sp³-hybridized carbons (Fsp3) is 0.621. The molecule has 0 radical (unpaired) electrons. The summed E-state index contributed by atoms with van der Waals surface area (Å²) >= 11 is 1.31. The summed E-state index contributed by atoms with van der Waals surface area (Å²) in [6.45, 7) is 2.54. The normalized spacial score (nSPS) is 23.8. The summed E-state index contributed by atoms with van der Waals surface area (Å²) in [5, 5.41) is 5.66. The lowest BCUT2D eigenvalue weighted by atomic mass is 9.68. The second-order valence-corrected chi connectivity index (χ2v) is 12.8. The molecule has 0 bridgehead atoms. The monoisotopic (exact) mass is 544 g/mol. The highest BCUT2D eigenvalue weighted by Gasteiger charge is 2.61. The van der Waals surface area contributed by atoms with Crippen LogP contribution in [0.25, 0.3) is 10.9 Å². The third kappa shape index (κ3) is 4.81. The van der Waals surface area contributed by atoms with Crippen LogP contribution in [-0.2, 0) is 25.4 Å². The van der Waals surface area contributed by atoms with E-state index in [9.17, 15) is 18.0 Å².